The Morgan fingerprint density at radius 2 is 2.08 bits per heavy atom. The molecular weight excluding hydrogens is 352 g/mol. The van der Waals surface area contributed by atoms with Gasteiger partial charge in [0.25, 0.3) is 11.5 Å². The molecule has 1 aromatic carbocycles. The molecule has 0 saturated carbocycles. The minimum atomic E-state index is -0.527. The lowest BCUT2D eigenvalue weighted by molar-refractivity contribution is 0.0935. The second-order valence-corrected chi connectivity index (χ2v) is 6.24. The van der Waals surface area contributed by atoms with Crippen LogP contribution in [0.5, 0.6) is 0 Å². The molecule has 2 heterocycles. The number of nitrogens with one attached hydrogen (secondary N) is 2. The predicted molar refractivity (Wildman–Crippen MR) is 98.0 cm³/mol. The number of aryl methyl sites for hydroxylation is 2. The van der Waals surface area contributed by atoms with Crippen LogP contribution in [0.4, 0.5) is 0 Å². The lowest BCUT2D eigenvalue weighted by atomic mass is 10.1. The molecule has 0 saturated heterocycles. The van der Waals surface area contributed by atoms with Crippen LogP contribution >= 0.6 is 11.3 Å². The number of nitriles is 1. The van der Waals surface area contributed by atoms with Crippen LogP contribution in [0.15, 0.2) is 40.6 Å². The summed E-state index contributed by atoms with van der Waals surface area (Å²) in [7, 11) is 1.48. The predicted octanol–water partition coefficient (Wildman–Crippen LogP) is 1.50. The number of nitrogens with zero attached hydrogens (tertiary/aromatic N) is 4. The van der Waals surface area contributed by atoms with Crippen molar-refractivity contribution in [2.75, 3.05) is 0 Å². The van der Waals surface area contributed by atoms with Gasteiger partial charge >= 0.3 is 0 Å². The van der Waals surface area contributed by atoms with Crippen LogP contribution in [-0.2, 0) is 7.05 Å². The van der Waals surface area contributed by atoms with Gasteiger partial charge in [0.15, 0.2) is 5.69 Å². The van der Waals surface area contributed by atoms with Crippen LogP contribution < -0.4 is 16.4 Å². The fourth-order valence-corrected chi connectivity index (χ4v) is 3.08. The number of thiazole rings is 1. The number of hydrazine groups is 1. The molecule has 3 aromatic rings. The van der Waals surface area contributed by atoms with Crippen molar-refractivity contribution in [2.24, 2.45) is 7.05 Å². The summed E-state index contributed by atoms with van der Waals surface area (Å²) in [6, 6.07) is 8.78. The van der Waals surface area contributed by atoms with Gasteiger partial charge in [-0.1, -0.05) is 18.2 Å². The molecule has 0 aliphatic carbocycles. The van der Waals surface area contributed by atoms with Gasteiger partial charge in [-0.05, 0) is 13.0 Å². The van der Waals surface area contributed by atoms with Crippen molar-refractivity contribution in [1.82, 2.24) is 25.6 Å². The molecule has 8 nitrogen and oxygen atoms in total. The van der Waals surface area contributed by atoms with Crippen molar-refractivity contribution >= 4 is 33.6 Å². The van der Waals surface area contributed by atoms with E-state index in [0.717, 1.165) is 10.4 Å². The average molecular weight is 366 g/mol. The largest absolute Gasteiger partial charge is 0.304 e. The van der Waals surface area contributed by atoms with Crippen LogP contribution in [0, 0.1) is 18.3 Å². The summed E-state index contributed by atoms with van der Waals surface area (Å²) in [5.74, 6) is -0.527. The number of amides is 1. The minimum absolute atomic E-state index is 0.104. The quantitative estimate of drug-likeness (QED) is 0.534. The molecule has 9 heteroatoms. The lowest BCUT2D eigenvalue weighted by Crippen LogP contribution is -2.36. The number of carbonyl (C=O) groups excluding carboxylic acids is 1. The van der Waals surface area contributed by atoms with E-state index in [1.807, 2.05) is 18.4 Å². The van der Waals surface area contributed by atoms with Gasteiger partial charge in [-0.15, -0.1) is 11.3 Å². The maximum atomic E-state index is 12.5. The number of aromatic nitrogens is 3. The first kappa shape index (κ1) is 17.3. The summed E-state index contributed by atoms with van der Waals surface area (Å²) in [5, 5.41) is 16.5. The molecular formula is C17H14N6O2S. The van der Waals surface area contributed by atoms with E-state index in [4.69, 9.17) is 0 Å². The first-order valence-electron chi connectivity index (χ1n) is 7.56. The van der Waals surface area contributed by atoms with E-state index in [-0.39, 0.29) is 11.3 Å². The highest BCUT2D eigenvalue weighted by Crippen LogP contribution is 2.17. The van der Waals surface area contributed by atoms with E-state index in [1.54, 1.807) is 24.3 Å². The molecule has 0 spiro atoms. The Labute approximate surface area is 152 Å². The molecule has 0 unspecified atom stereocenters. The number of hydrogen-bond donors (Lipinski definition) is 2. The van der Waals surface area contributed by atoms with Crippen molar-refractivity contribution in [3.8, 4) is 6.07 Å². The summed E-state index contributed by atoms with van der Waals surface area (Å²) in [6.45, 7) is 1.83. The van der Waals surface area contributed by atoms with Crippen molar-refractivity contribution in [3.63, 3.8) is 0 Å². The highest BCUT2D eigenvalue weighted by atomic mass is 32.1. The van der Waals surface area contributed by atoms with Crippen LogP contribution in [0.25, 0.3) is 16.3 Å². The standard InChI is InChI=1S/C17H14N6O2S/c1-10-9-26-16(20-10)11(7-18)8-19-21-15(24)14-12-5-3-4-6-13(12)17(25)23(2)22-14/h3-6,8-9,19H,1-2H3,(H,21,24)/b11-8+. The van der Waals surface area contributed by atoms with E-state index in [1.165, 1.54) is 24.6 Å². The molecule has 2 aromatic heterocycles. The van der Waals surface area contributed by atoms with Gasteiger partial charge in [0.05, 0.1) is 5.39 Å². The van der Waals surface area contributed by atoms with Crippen LogP contribution in [0.3, 0.4) is 0 Å². The molecule has 0 atom stereocenters. The fourth-order valence-electron chi connectivity index (χ4n) is 2.32. The van der Waals surface area contributed by atoms with Crippen LogP contribution in [0.2, 0.25) is 0 Å². The molecule has 0 bridgehead atoms. The van der Waals surface area contributed by atoms with Crippen molar-refractivity contribution in [3.05, 3.63) is 62.6 Å². The minimum Gasteiger partial charge on any atom is -0.304 e. The molecule has 0 fully saturated rings. The van der Waals surface area contributed by atoms with Gasteiger partial charge in [-0.2, -0.15) is 10.4 Å². The van der Waals surface area contributed by atoms with E-state index < -0.39 is 5.91 Å². The highest BCUT2D eigenvalue weighted by Gasteiger charge is 2.15. The molecule has 0 radical (unpaired) electrons. The van der Waals surface area contributed by atoms with Gasteiger partial charge in [0.2, 0.25) is 0 Å². The van der Waals surface area contributed by atoms with E-state index in [9.17, 15) is 14.9 Å². The molecule has 26 heavy (non-hydrogen) atoms. The van der Waals surface area contributed by atoms with Gasteiger partial charge in [0.1, 0.15) is 16.6 Å². The molecule has 0 aliphatic rings. The van der Waals surface area contributed by atoms with E-state index in [2.05, 4.69) is 20.9 Å². The second-order valence-electron chi connectivity index (χ2n) is 5.39. The van der Waals surface area contributed by atoms with Crippen molar-refractivity contribution in [2.45, 2.75) is 6.92 Å². The second kappa shape index (κ2) is 7.16. The summed E-state index contributed by atoms with van der Waals surface area (Å²) in [5.41, 5.74) is 5.99. The highest BCUT2D eigenvalue weighted by molar-refractivity contribution is 7.10. The van der Waals surface area contributed by atoms with Gasteiger partial charge in [0, 0.05) is 29.7 Å². The summed E-state index contributed by atoms with van der Waals surface area (Å²) in [6.07, 6.45) is 1.36. The third kappa shape index (κ3) is 3.31. The number of benzene rings is 1. The Bertz CT molecular complexity index is 1120. The molecule has 0 aliphatic heterocycles. The lowest BCUT2D eigenvalue weighted by Gasteiger charge is -2.08. The van der Waals surface area contributed by atoms with Crippen LogP contribution in [0.1, 0.15) is 21.2 Å². The fraction of sp³-hybridized carbons (Fsp3) is 0.118. The first-order valence-corrected chi connectivity index (χ1v) is 8.44. The number of hydrogen-bond acceptors (Lipinski definition) is 7. The average Bonchev–Trinajstić information content (AvgIpc) is 3.07. The van der Waals surface area contributed by atoms with Crippen molar-refractivity contribution in [1.29, 1.82) is 5.26 Å². The Morgan fingerprint density at radius 1 is 1.35 bits per heavy atom. The van der Waals surface area contributed by atoms with Gasteiger partial charge < -0.3 is 5.43 Å². The number of rotatable bonds is 4. The summed E-state index contributed by atoms with van der Waals surface area (Å²) < 4.78 is 1.12. The first-order chi connectivity index (χ1) is 12.5. The SMILES string of the molecule is Cc1csc(/C(C#N)=C/NNC(=O)c2nn(C)c(=O)c3ccccc23)n1. The van der Waals surface area contributed by atoms with Gasteiger partial charge in [-0.25, -0.2) is 9.67 Å². The summed E-state index contributed by atoms with van der Waals surface area (Å²) >= 11 is 1.34. The maximum absolute atomic E-state index is 12.5. The molecule has 130 valence electrons. The molecule has 2 N–H and O–H groups in total. The monoisotopic (exact) mass is 366 g/mol. The Balaban J connectivity index is 1.84. The smallest absolute Gasteiger partial charge is 0.290 e. The Morgan fingerprint density at radius 3 is 2.73 bits per heavy atom. The molecule has 1 amide bonds. The zero-order valence-electron chi connectivity index (χ0n) is 14.0. The molecule has 3 rings (SSSR count). The summed E-state index contributed by atoms with van der Waals surface area (Å²) in [4.78, 5) is 28.8. The zero-order chi connectivity index (χ0) is 18.7. The van der Waals surface area contributed by atoms with Crippen molar-refractivity contribution < 1.29 is 4.79 Å². The maximum Gasteiger partial charge on any atom is 0.290 e. The topological polar surface area (TPSA) is 113 Å². The number of carbonyl (C=O) groups is 1. The zero-order valence-corrected chi connectivity index (χ0v) is 14.8. The number of allylic oxidation sites excluding steroid dienone is 1. The normalized spacial score (nSPS) is 11.2. The Kier molecular flexibility index (Phi) is 4.77. The third-order valence-electron chi connectivity index (χ3n) is 3.54. The van der Waals surface area contributed by atoms with Gasteiger partial charge in [-0.3, -0.25) is 15.0 Å². The number of fused-ring (bicyclic) bond motifs is 1. The van der Waals surface area contributed by atoms with Crippen LogP contribution in [-0.4, -0.2) is 20.7 Å². The Hall–Kier alpha value is -3.51. The van der Waals surface area contributed by atoms with E-state index >= 15 is 0 Å². The third-order valence-corrected chi connectivity index (χ3v) is 4.54. The van der Waals surface area contributed by atoms with E-state index in [0.29, 0.717) is 21.4 Å².